The summed E-state index contributed by atoms with van der Waals surface area (Å²) < 4.78 is 12.8. The van der Waals surface area contributed by atoms with E-state index in [9.17, 15) is 4.39 Å². The van der Waals surface area contributed by atoms with Gasteiger partial charge < -0.3 is 0 Å². The van der Waals surface area contributed by atoms with E-state index >= 15 is 0 Å². The molecule has 0 heterocycles. The maximum Gasteiger partial charge on any atom is 0.123 e. The van der Waals surface area contributed by atoms with Gasteiger partial charge in [0.2, 0.25) is 0 Å². The summed E-state index contributed by atoms with van der Waals surface area (Å²) in [4.78, 5) is 4.64. The zero-order valence-corrected chi connectivity index (χ0v) is 10.6. The van der Waals surface area contributed by atoms with Crippen LogP contribution in [0.4, 0.5) is 4.39 Å². The molecule has 0 fully saturated rings. The lowest BCUT2D eigenvalue weighted by Gasteiger charge is -2.09. The molecular weight excluding hydrogens is 225 g/mol. The smallest absolute Gasteiger partial charge is 0.123 e. The van der Waals surface area contributed by atoms with E-state index < -0.39 is 0 Å². The number of hydrogen-bond acceptors (Lipinski definition) is 1. The van der Waals surface area contributed by atoms with Crippen LogP contribution in [0, 0.1) is 5.82 Å². The van der Waals surface area contributed by atoms with Gasteiger partial charge in [-0.25, -0.2) is 4.39 Å². The van der Waals surface area contributed by atoms with Crippen molar-refractivity contribution >= 4 is 5.71 Å². The monoisotopic (exact) mass is 241 g/mol. The second-order valence-electron chi connectivity index (χ2n) is 4.31. The molecule has 92 valence electrons. The summed E-state index contributed by atoms with van der Waals surface area (Å²) in [7, 11) is 0. The molecule has 1 atom stereocenters. The Morgan fingerprint density at radius 1 is 1.00 bits per heavy atom. The molecule has 0 saturated heterocycles. The molecule has 0 amide bonds. The van der Waals surface area contributed by atoms with Crippen LogP contribution in [0.25, 0.3) is 0 Å². The fourth-order valence-corrected chi connectivity index (χ4v) is 1.86. The van der Waals surface area contributed by atoms with Crippen molar-refractivity contribution < 1.29 is 4.39 Å². The van der Waals surface area contributed by atoms with Gasteiger partial charge in [-0.3, -0.25) is 4.99 Å². The van der Waals surface area contributed by atoms with Crippen LogP contribution in [-0.2, 0) is 0 Å². The Kier molecular flexibility index (Phi) is 3.88. The standard InChI is InChI=1S/C16H16FN/c1-12(14-6-4-3-5-7-14)18-13(2)15-8-10-16(17)11-9-15/h3-12H,1-2H3/t12-/m0/s1. The largest absolute Gasteiger partial charge is 0.282 e. The minimum absolute atomic E-state index is 0.108. The predicted octanol–water partition coefficient (Wildman–Crippen LogP) is 4.40. The first-order chi connectivity index (χ1) is 8.66. The van der Waals surface area contributed by atoms with Crippen molar-refractivity contribution in [1.29, 1.82) is 0 Å². The van der Waals surface area contributed by atoms with Crippen molar-refractivity contribution in [1.82, 2.24) is 0 Å². The van der Waals surface area contributed by atoms with Crippen LogP contribution in [0.1, 0.15) is 31.0 Å². The number of aliphatic imine (C=N–C) groups is 1. The van der Waals surface area contributed by atoms with E-state index in [2.05, 4.69) is 24.0 Å². The van der Waals surface area contributed by atoms with Crippen LogP contribution in [0.15, 0.2) is 59.6 Å². The third-order valence-corrected chi connectivity index (χ3v) is 2.93. The van der Waals surface area contributed by atoms with Crippen LogP contribution in [0.3, 0.4) is 0 Å². The van der Waals surface area contributed by atoms with Crippen LogP contribution in [0.5, 0.6) is 0 Å². The molecular formula is C16H16FN. The van der Waals surface area contributed by atoms with Gasteiger partial charge in [0, 0.05) is 5.71 Å². The molecule has 0 saturated carbocycles. The second kappa shape index (κ2) is 5.58. The lowest BCUT2D eigenvalue weighted by molar-refractivity contribution is 0.628. The van der Waals surface area contributed by atoms with E-state index in [0.717, 1.165) is 11.3 Å². The lowest BCUT2D eigenvalue weighted by Crippen LogP contribution is -1.99. The molecule has 0 spiro atoms. The van der Waals surface area contributed by atoms with Gasteiger partial charge >= 0.3 is 0 Å². The van der Waals surface area contributed by atoms with Gasteiger partial charge in [-0.15, -0.1) is 0 Å². The van der Waals surface area contributed by atoms with Crippen LogP contribution < -0.4 is 0 Å². The van der Waals surface area contributed by atoms with Gasteiger partial charge in [-0.1, -0.05) is 42.5 Å². The fraction of sp³-hybridized carbons (Fsp3) is 0.188. The highest BCUT2D eigenvalue weighted by Gasteiger charge is 2.04. The Morgan fingerprint density at radius 3 is 2.22 bits per heavy atom. The molecule has 2 rings (SSSR count). The molecule has 1 nitrogen and oxygen atoms in total. The number of halogens is 1. The van der Waals surface area contributed by atoms with Gasteiger partial charge in [0.05, 0.1) is 6.04 Å². The minimum atomic E-state index is -0.220. The Hall–Kier alpha value is -1.96. The van der Waals surface area contributed by atoms with Gasteiger partial charge in [0.1, 0.15) is 5.82 Å². The Labute approximate surface area is 107 Å². The van der Waals surface area contributed by atoms with Gasteiger partial charge in [-0.2, -0.15) is 0 Å². The summed E-state index contributed by atoms with van der Waals surface area (Å²) in [6.07, 6.45) is 0. The van der Waals surface area contributed by atoms with E-state index in [1.54, 1.807) is 12.1 Å². The molecule has 2 aromatic carbocycles. The van der Waals surface area contributed by atoms with Crippen molar-refractivity contribution in [2.75, 3.05) is 0 Å². The zero-order chi connectivity index (χ0) is 13.0. The average molecular weight is 241 g/mol. The second-order valence-corrected chi connectivity index (χ2v) is 4.31. The predicted molar refractivity (Wildman–Crippen MR) is 73.5 cm³/mol. The molecule has 2 heteroatoms. The Balaban J connectivity index is 2.20. The van der Waals surface area contributed by atoms with E-state index in [0.29, 0.717) is 0 Å². The third-order valence-electron chi connectivity index (χ3n) is 2.93. The summed E-state index contributed by atoms with van der Waals surface area (Å²) in [5, 5.41) is 0. The van der Waals surface area contributed by atoms with E-state index in [4.69, 9.17) is 0 Å². The SMILES string of the molecule is CC(=N[C@@H](C)c1ccccc1)c1ccc(F)cc1. The molecule has 2 aromatic rings. The Bertz CT molecular complexity index is 529. The van der Waals surface area contributed by atoms with Crippen molar-refractivity contribution in [3.8, 4) is 0 Å². The fourth-order valence-electron chi connectivity index (χ4n) is 1.86. The molecule has 0 aliphatic rings. The maximum atomic E-state index is 12.8. The third kappa shape index (κ3) is 3.04. The molecule has 0 aliphatic carbocycles. The number of benzene rings is 2. The first-order valence-corrected chi connectivity index (χ1v) is 6.02. The van der Waals surface area contributed by atoms with Crippen molar-refractivity contribution in [2.24, 2.45) is 4.99 Å². The zero-order valence-electron chi connectivity index (χ0n) is 10.6. The van der Waals surface area contributed by atoms with Gasteiger partial charge in [0.15, 0.2) is 0 Å². The molecule has 0 radical (unpaired) electrons. The van der Waals surface area contributed by atoms with Gasteiger partial charge in [0.25, 0.3) is 0 Å². The summed E-state index contributed by atoms with van der Waals surface area (Å²) >= 11 is 0. The molecule has 0 aliphatic heterocycles. The van der Waals surface area contributed by atoms with Crippen molar-refractivity contribution in [3.63, 3.8) is 0 Å². The highest BCUT2D eigenvalue weighted by molar-refractivity contribution is 5.98. The minimum Gasteiger partial charge on any atom is -0.282 e. The first-order valence-electron chi connectivity index (χ1n) is 6.02. The Morgan fingerprint density at radius 2 is 1.61 bits per heavy atom. The van der Waals surface area contributed by atoms with E-state index in [1.165, 1.54) is 17.7 Å². The lowest BCUT2D eigenvalue weighted by atomic mass is 10.1. The summed E-state index contributed by atoms with van der Waals surface area (Å²) in [6, 6.07) is 16.7. The molecule has 0 unspecified atom stereocenters. The first kappa shape index (κ1) is 12.5. The van der Waals surface area contributed by atoms with E-state index in [1.807, 2.05) is 25.1 Å². The highest BCUT2D eigenvalue weighted by atomic mass is 19.1. The number of rotatable bonds is 3. The maximum absolute atomic E-state index is 12.8. The van der Waals surface area contributed by atoms with E-state index in [-0.39, 0.29) is 11.9 Å². The van der Waals surface area contributed by atoms with Gasteiger partial charge in [-0.05, 0) is 37.1 Å². The average Bonchev–Trinajstić information content (AvgIpc) is 2.40. The van der Waals surface area contributed by atoms with Crippen LogP contribution in [-0.4, -0.2) is 5.71 Å². The highest BCUT2D eigenvalue weighted by Crippen LogP contribution is 2.17. The molecule has 0 aromatic heterocycles. The summed E-state index contributed by atoms with van der Waals surface area (Å²) in [5.74, 6) is -0.220. The quantitative estimate of drug-likeness (QED) is 0.706. The van der Waals surface area contributed by atoms with Crippen molar-refractivity contribution in [3.05, 3.63) is 71.5 Å². The van der Waals surface area contributed by atoms with Crippen LogP contribution >= 0.6 is 0 Å². The van der Waals surface area contributed by atoms with Crippen molar-refractivity contribution in [2.45, 2.75) is 19.9 Å². The topological polar surface area (TPSA) is 12.4 Å². The number of hydrogen-bond donors (Lipinski definition) is 0. The summed E-state index contributed by atoms with van der Waals surface area (Å²) in [5.41, 5.74) is 3.06. The van der Waals surface area contributed by atoms with Crippen LogP contribution in [0.2, 0.25) is 0 Å². The molecule has 0 bridgehead atoms. The number of nitrogens with zero attached hydrogens (tertiary/aromatic N) is 1. The normalized spacial score (nSPS) is 13.4. The molecule has 18 heavy (non-hydrogen) atoms. The summed E-state index contributed by atoms with van der Waals surface area (Å²) in [6.45, 7) is 4.01. The molecule has 0 N–H and O–H groups in total.